The molecule has 0 fully saturated rings. The highest BCUT2D eigenvalue weighted by molar-refractivity contribution is 5.76. The Morgan fingerprint density at radius 3 is 2.66 bits per heavy atom. The topological polar surface area (TPSA) is 123 Å². The molecule has 0 unspecified atom stereocenters. The van der Waals surface area contributed by atoms with Crippen LogP contribution in [0.5, 0.6) is 0 Å². The molecule has 9 nitrogen and oxygen atoms in total. The second-order valence-corrected chi connectivity index (χ2v) is 6.07. The van der Waals surface area contributed by atoms with E-state index in [2.05, 4.69) is 20.8 Å². The highest BCUT2D eigenvalue weighted by Gasteiger charge is 2.12. The second kappa shape index (κ2) is 9.40. The second-order valence-electron chi connectivity index (χ2n) is 6.07. The van der Waals surface area contributed by atoms with Gasteiger partial charge in [0.1, 0.15) is 11.5 Å². The standard InChI is InChI=1S/C19H18FN5O4/c20-14-7-5-13(6-8-14)19-23-18(29-24-19)10-9-17(26)22-12-11-21-15-3-1-2-4-16(15)25(27)28/h1-8,21H,9-12H2,(H,22,26). The number of nitro groups is 1. The predicted molar refractivity (Wildman–Crippen MR) is 103 cm³/mol. The molecule has 0 bridgehead atoms. The van der Waals surface area contributed by atoms with Crippen LogP contribution in [0, 0.1) is 15.9 Å². The largest absolute Gasteiger partial charge is 0.378 e. The smallest absolute Gasteiger partial charge is 0.292 e. The molecule has 0 aliphatic carbocycles. The number of carbonyl (C=O) groups excluding carboxylic acids is 1. The van der Waals surface area contributed by atoms with Gasteiger partial charge in [-0.25, -0.2) is 4.39 Å². The van der Waals surface area contributed by atoms with Gasteiger partial charge in [-0.2, -0.15) is 4.98 Å². The number of nitrogens with zero attached hydrogens (tertiary/aromatic N) is 3. The zero-order valence-electron chi connectivity index (χ0n) is 15.3. The Kier molecular flexibility index (Phi) is 6.46. The molecule has 0 aliphatic heterocycles. The summed E-state index contributed by atoms with van der Waals surface area (Å²) >= 11 is 0. The summed E-state index contributed by atoms with van der Waals surface area (Å²) in [6, 6.07) is 12.0. The van der Waals surface area contributed by atoms with Gasteiger partial charge in [-0.3, -0.25) is 14.9 Å². The molecule has 0 aliphatic rings. The average Bonchev–Trinajstić information content (AvgIpc) is 3.19. The Hall–Kier alpha value is -3.82. The number of amides is 1. The third-order valence-electron chi connectivity index (χ3n) is 4.00. The van der Waals surface area contributed by atoms with Crippen molar-refractivity contribution >= 4 is 17.3 Å². The molecule has 29 heavy (non-hydrogen) atoms. The van der Waals surface area contributed by atoms with Crippen LogP contribution in [0.15, 0.2) is 53.1 Å². The first-order chi connectivity index (χ1) is 14.0. The van der Waals surface area contributed by atoms with Crippen molar-refractivity contribution in [2.75, 3.05) is 18.4 Å². The SMILES string of the molecule is O=C(CCc1nc(-c2ccc(F)cc2)no1)NCCNc1ccccc1[N+](=O)[O-]. The summed E-state index contributed by atoms with van der Waals surface area (Å²) in [6.45, 7) is 0.640. The third-order valence-corrected chi connectivity index (χ3v) is 4.00. The first-order valence-corrected chi connectivity index (χ1v) is 8.85. The Balaban J connectivity index is 1.41. The Morgan fingerprint density at radius 2 is 1.90 bits per heavy atom. The van der Waals surface area contributed by atoms with E-state index in [0.29, 0.717) is 36.1 Å². The van der Waals surface area contributed by atoms with Gasteiger partial charge in [0.2, 0.25) is 17.6 Å². The summed E-state index contributed by atoms with van der Waals surface area (Å²) in [5, 5.41) is 20.4. The van der Waals surface area contributed by atoms with Gasteiger partial charge in [0.15, 0.2) is 0 Å². The van der Waals surface area contributed by atoms with Crippen LogP contribution in [0.3, 0.4) is 0 Å². The lowest BCUT2D eigenvalue weighted by Crippen LogP contribution is -2.29. The number of hydrogen-bond donors (Lipinski definition) is 2. The van der Waals surface area contributed by atoms with E-state index in [1.807, 2.05) is 0 Å². The first kappa shape index (κ1) is 19.9. The number of rotatable bonds is 9. The van der Waals surface area contributed by atoms with Crippen LogP contribution < -0.4 is 10.6 Å². The van der Waals surface area contributed by atoms with Crippen molar-refractivity contribution in [1.82, 2.24) is 15.5 Å². The molecule has 2 aromatic carbocycles. The molecular formula is C19H18FN5O4. The molecule has 2 N–H and O–H groups in total. The number of hydrogen-bond acceptors (Lipinski definition) is 7. The molecule has 1 aromatic heterocycles. The quantitative estimate of drug-likeness (QED) is 0.322. The van der Waals surface area contributed by atoms with Gasteiger partial charge in [0.05, 0.1) is 4.92 Å². The summed E-state index contributed by atoms with van der Waals surface area (Å²) in [7, 11) is 0. The van der Waals surface area contributed by atoms with Crippen molar-refractivity contribution in [2.24, 2.45) is 0 Å². The lowest BCUT2D eigenvalue weighted by atomic mass is 10.2. The normalized spacial score (nSPS) is 10.5. The van der Waals surface area contributed by atoms with Crippen molar-refractivity contribution in [3.8, 4) is 11.4 Å². The molecular weight excluding hydrogens is 381 g/mol. The summed E-state index contributed by atoms with van der Waals surface area (Å²) in [5.74, 6) is 0.0629. The molecule has 0 saturated heterocycles. The maximum absolute atomic E-state index is 13.0. The molecule has 0 atom stereocenters. The lowest BCUT2D eigenvalue weighted by molar-refractivity contribution is -0.384. The number of nitrogens with one attached hydrogen (secondary N) is 2. The van der Waals surface area contributed by atoms with E-state index in [-0.39, 0.29) is 30.3 Å². The fraction of sp³-hybridized carbons (Fsp3) is 0.211. The number of halogens is 1. The van der Waals surface area contributed by atoms with Crippen molar-refractivity contribution in [2.45, 2.75) is 12.8 Å². The van der Waals surface area contributed by atoms with E-state index in [1.165, 1.54) is 18.2 Å². The van der Waals surface area contributed by atoms with Crippen LogP contribution in [0.25, 0.3) is 11.4 Å². The van der Waals surface area contributed by atoms with Crippen LogP contribution in [0.1, 0.15) is 12.3 Å². The third kappa shape index (κ3) is 5.58. The van der Waals surface area contributed by atoms with Crippen LogP contribution in [-0.2, 0) is 11.2 Å². The number of carbonyl (C=O) groups is 1. The van der Waals surface area contributed by atoms with Crippen molar-refractivity contribution in [3.05, 3.63) is 70.4 Å². The zero-order chi connectivity index (χ0) is 20.6. The molecule has 1 amide bonds. The highest BCUT2D eigenvalue weighted by Crippen LogP contribution is 2.22. The molecule has 0 radical (unpaired) electrons. The van der Waals surface area contributed by atoms with Gasteiger partial charge in [-0.05, 0) is 30.3 Å². The van der Waals surface area contributed by atoms with Gasteiger partial charge in [0, 0.05) is 37.6 Å². The summed E-state index contributed by atoms with van der Waals surface area (Å²) in [4.78, 5) is 26.6. The minimum Gasteiger partial charge on any atom is -0.378 e. The van der Waals surface area contributed by atoms with Gasteiger partial charge in [0.25, 0.3) is 5.69 Å². The summed E-state index contributed by atoms with van der Waals surface area (Å²) in [5.41, 5.74) is 0.991. The predicted octanol–water partition coefficient (Wildman–Crippen LogP) is 2.94. The summed E-state index contributed by atoms with van der Waals surface area (Å²) in [6.07, 6.45) is 0.411. The Bertz CT molecular complexity index is 990. The summed E-state index contributed by atoms with van der Waals surface area (Å²) < 4.78 is 18.1. The maximum atomic E-state index is 13.0. The highest BCUT2D eigenvalue weighted by atomic mass is 19.1. The Labute approximate surface area is 165 Å². The van der Waals surface area contributed by atoms with E-state index in [4.69, 9.17) is 4.52 Å². The van der Waals surface area contributed by atoms with Crippen molar-refractivity contribution in [1.29, 1.82) is 0 Å². The number of para-hydroxylation sites is 2. The van der Waals surface area contributed by atoms with Gasteiger partial charge in [-0.15, -0.1) is 0 Å². The van der Waals surface area contributed by atoms with Crippen molar-refractivity contribution in [3.63, 3.8) is 0 Å². The number of aryl methyl sites for hydroxylation is 1. The molecule has 1 heterocycles. The molecule has 0 saturated carbocycles. The monoisotopic (exact) mass is 399 g/mol. The van der Waals surface area contributed by atoms with Gasteiger partial charge < -0.3 is 15.2 Å². The fourth-order valence-corrected chi connectivity index (χ4v) is 2.56. The van der Waals surface area contributed by atoms with Crippen LogP contribution in [-0.4, -0.2) is 34.1 Å². The van der Waals surface area contributed by atoms with E-state index in [0.717, 1.165) is 0 Å². The Morgan fingerprint density at radius 1 is 1.14 bits per heavy atom. The van der Waals surface area contributed by atoms with Crippen LogP contribution in [0.4, 0.5) is 15.8 Å². The van der Waals surface area contributed by atoms with Crippen molar-refractivity contribution < 1.29 is 18.6 Å². The maximum Gasteiger partial charge on any atom is 0.292 e. The van der Waals surface area contributed by atoms with E-state index in [9.17, 15) is 19.3 Å². The average molecular weight is 399 g/mol. The van der Waals surface area contributed by atoms with Crippen LogP contribution >= 0.6 is 0 Å². The zero-order valence-corrected chi connectivity index (χ0v) is 15.3. The molecule has 150 valence electrons. The molecule has 3 rings (SSSR count). The number of aromatic nitrogens is 2. The minimum atomic E-state index is -0.467. The van der Waals surface area contributed by atoms with E-state index < -0.39 is 4.92 Å². The molecule has 10 heteroatoms. The molecule has 3 aromatic rings. The van der Waals surface area contributed by atoms with Gasteiger partial charge >= 0.3 is 0 Å². The number of benzene rings is 2. The minimum absolute atomic E-state index is 0.0211. The lowest BCUT2D eigenvalue weighted by Gasteiger charge is -2.08. The first-order valence-electron chi connectivity index (χ1n) is 8.85. The van der Waals surface area contributed by atoms with E-state index in [1.54, 1.807) is 30.3 Å². The van der Waals surface area contributed by atoms with Gasteiger partial charge in [-0.1, -0.05) is 17.3 Å². The number of anilines is 1. The van der Waals surface area contributed by atoms with Crippen LogP contribution in [0.2, 0.25) is 0 Å². The van der Waals surface area contributed by atoms with E-state index >= 15 is 0 Å². The fourth-order valence-electron chi connectivity index (χ4n) is 2.56. The number of nitro benzene ring substituents is 1. The molecule has 0 spiro atoms.